The van der Waals surface area contributed by atoms with Gasteiger partial charge in [0.25, 0.3) is 0 Å². The zero-order valence-electron chi connectivity index (χ0n) is 16.3. The van der Waals surface area contributed by atoms with Crippen LogP contribution in [0.5, 0.6) is 5.75 Å². The molecular formula is C19H28N2O7. The molecule has 0 saturated carbocycles. The van der Waals surface area contributed by atoms with Crippen molar-refractivity contribution in [3.8, 4) is 5.75 Å². The summed E-state index contributed by atoms with van der Waals surface area (Å²) < 4.78 is 4.75. The van der Waals surface area contributed by atoms with Crippen LogP contribution in [0.4, 0.5) is 4.79 Å². The van der Waals surface area contributed by atoms with Crippen molar-refractivity contribution in [2.45, 2.75) is 39.3 Å². The number of phenolic OH excluding ortho intramolecular Hbond substituents is 1. The number of urea groups is 1. The number of aliphatic hydroxyl groups excluding tert-OH is 1. The quantitative estimate of drug-likeness (QED) is 0.440. The van der Waals surface area contributed by atoms with E-state index in [-0.39, 0.29) is 37.8 Å². The maximum atomic E-state index is 12.7. The number of rotatable bonds is 10. The highest BCUT2D eigenvalue weighted by Crippen LogP contribution is 2.20. The number of phenols is 1. The first-order valence-corrected chi connectivity index (χ1v) is 9.04. The Morgan fingerprint density at radius 2 is 1.75 bits per heavy atom. The third-order valence-electron chi connectivity index (χ3n) is 3.80. The molecule has 9 nitrogen and oxygen atoms in total. The molecule has 0 aliphatic carbocycles. The van der Waals surface area contributed by atoms with E-state index in [2.05, 4.69) is 5.32 Å². The molecule has 0 radical (unpaired) electrons. The van der Waals surface area contributed by atoms with Gasteiger partial charge in [0.1, 0.15) is 5.75 Å². The third-order valence-corrected chi connectivity index (χ3v) is 3.80. The van der Waals surface area contributed by atoms with Gasteiger partial charge in [-0.25, -0.2) is 9.59 Å². The number of esters is 1. The summed E-state index contributed by atoms with van der Waals surface area (Å²) in [4.78, 5) is 36.9. The van der Waals surface area contributed by atoms with Crippen molar-refractivity contribution in [1.82, 2.24) is 10.2 Å². The van der Waals surface area contributed by atoms with E-state index in [9.17, 15) is 24.6 Å². The van der Waals surface area contributed by atoms with Crippen molar-refractivity contribution in [3.63, 3.8) is 0 Å². The van der Waals surface area contributed by atoms with Crippen molar-refractivity contribution in [2.75, 3.05) is 19.7 Å². The van der Waals surface area contributed by atoms with Crippen LogP contribution in [0.1, 0.15) is 38.8 Å². The molecule has 156 valence electrons. The first-order chi connectivity index (χ1) is 13.1. The Balaban J connectivity index is 2.95. The Kier molecular flexibility index (Phi) is 9.23. The van der Waals surface area contributed by atoms with Crippen molar-refractivity contribution >= 4 is 18.0 Å². The third kappa shape index (κ3) is 7.83. The lowest BCUT2D eigenvalue weighted by Gasteiger charge is -2.29. The lowest BCUT2D eigenvalue weighted by atomic mass is 10.0. The van der Waals surface area contributed by atoms with Gasteiger partial charge in [-0.3, -0.25) is 4.79 Å². The molecular weight excluding hydrogens is 368 g/mol. The number of nitrogens with one attached hydrogen (secondary N) is 1. The van der Waals surface area contributed by atoms with Crippen molar-refractivity contribution < 1.29 is 34.4 Å². The van der Waals surface area contributed by atoms with Crippen molar-refractivity contribution in [2.24, 2.45) is 5.92 Å². The number of benzene rings is 1. The number of amides is 2. The molecule has 2 unspecified atom stereocenters. The fourth-order valence-electron chi connectivity index (χ4n) is 2.58. The summed E-state index contributed by atoms with van der Waals surface area (Å²) in [5.41, 5.74) is 0.504. The Morgan fingerprint density at radius 1 is 1.14 bits per heavy atom. The van der Waals surface area contributed by atoms with Crippen LogP contribution in [0, 0.1) is 5.92 Å². The first-order valence-electron chi connectivity index (χ1n) is 9.04. The highest BCUT2D eigenvalue weighted by Gasteiger charge is 2.26. The highest BCUT2D eigenvalue weighted by atomic mass is 16.5. The van der Waals surface area contributed by atoms with Crippen LogP contribution in [0.15, 0.2) is 24.3 Å². The van der Waals surface area contributed by atoms with Gasteiger partial charge < -0.3 is 30.3 Å². The predicted octanol–water partition coefficient (Wildman–Crippen LogP) is 1.50. The number of hydrogen-bond acceptors (Lipinski definition) is 6. The largest absolute Gasteiger partial charge is 0.508 e. The van der Waals surface area contributed by atoms with Crippen LogP contribution in [0.2, 0.25) is 0 Å². The van der Waals surface area contributed by atoms with Crippen LogP contribution < -0.4 is 5.32 Å². The minimum atomic E-state index is -1.50. The number of aromatic hydroxyl groups is 1. The Bertz CT molecular complexity index is 661. The van der Waals surface area contributed by atoms with Gasteiger partial charge >= 0.3 is 18.0 Å². The number of nitrogens with zero attached hydrogens (tertiary/aromatic N) is 1. The number of ether oxygens (including phenoxy) is 1. The SMILES string of the molecule is CCOC(=O)C(O)CN(CC(C)C)C(=O)NC(CC(=O)O)c1ccc(O)cc1. The molecule has 2 amide bonds. The van der Waals surface area contributed by atoms with Gasteiger partial charge in [-0.05, 0) is 30.5 Å². The molecule has 1 rings (SSSR count). The molecule has 9 heteroatoms. The lowest BCUT2D eigenvalue weighted by Crippen LogP contribution is -2.48. The van der Waals surface area contributed by atoms with E-state index in [1.807, 2.05) is 13.8 Å². The maximum absolute atomic E-state index is 12.7. The highest BCUT2D eigenvalue weighted by molar-refractivity contribution is 5.79. The average molecular weight is 396 g/mol. The van der Waals surface area contributed by atoms with Crippen molar-refractivity contribution in [1.29, 1.82) is 0 Å². The van der Waals surface area contributed by atoms with Gasteiger partial charge in [0.15, 0.2) is 6.10 Å². The van der Waals surface area contributed by atoms with Crippen LogP contribution in [0.3, 0.4) is 0 Å². The molecule has 0 spiro atoms. The van der Waals surface area contributed by atoms with E-state index in [0.29, 0.717) is 5.56 Å². The minimum Gasteiger partial charge on any atom is -0.508 e. The fraction of sp³-hybridized carbons (Fsp3) is 0.526. The molecule has 2 atom stereocenters. The standard InChI is InChI=1S/C19H28N2O7/c1-4-28-18(26)16(23)11-21(10-12(2)3)19(27)20-15(9-17(24)25)13-5-7-14(22)8-6-13/h5-8,12,15-16,22-23H,4,9-11H2,1-3H3,(H,20,27)(H,24,25). The van der Waals surface area contributed by atoms with Gasteiger partial charge in [0.05, 0.1) is 25.6 Å². The number of carboxylic acids is 1. The van der Waals surface area contributed by atoms with Crippen LogP contribution in [-0.2, 0) is 14.3 Å². The second-order valence-electron chi connectivity index (χ2n) is 6.76. The summed E-state index contributed by atoms with van der Waals surface area (Å²) in [7, 11) is 0. The molecule has 0 heterocycles. The van der Waals surface area contributed by atoms with E-state index in [0.717, 1.165) is 0 Å². The topological polar surface area (TPSA) is 136 Å². The zero-order valence-corrected chi connectivity index (χ0v) is 16.3. The van der Waals surface area contributed by atoms with Crippen LogP contribution in [0.25, 0.3) is 0 Å². The monoisotopic (exact) mass is 396 g/mol. The number of hydrogen-bond donors (Lipinski definition) is 4. The number of aliphatic hydroxyl groups is 1. The van der Waals surface area contributed by atoms with E-state index < -0.39 is 30.1 Å². The van der Waals surface area contributed by atoms with E-state index in [1.165, 1.54) is 29.2 Å². The Labute approximate surface area is 163 Å². The first kappa shape index (κ1) is 23.2. The van der Waals surface area contributed by atoms with Crippen LogP contribution in [-0.4, -0.2) is 64.0 Å². The number of aliphatic carboxylic acids is 1. The smallest absolute Gasteiger partial charge is 0.336 e. The second kappa shape index (κ2) is 11.1. The molecule has 0 saturated heterocycles. The zero-order chi connectivity index (χ0) is 21.3. The summed E-state index contributed by atoms with van der Waals surface area (Å²) in [5.74, 6) is -1.88. The van der Waals surface area contributed by atoms with Crippen LogP contribution >= 0.6 is 0 Å². The Hall–Kier alpha value is -2.81. The molecule has 0 bridgehead atoms. The molecule has 1 aromatic rings. The summed E-state index contributed by atoms with van der Waals surface area (Å²) in [6, 6.07) is 4.36. The number of carboxylic acid groups (broad SMARTS) is 1. The minimum absolute atomic E-state index is 0.0168. The van der Waals surface area contributed by atoms with Gasteiger partial charge in [0, 0.05) is 6.54 Å². The molecule has 0 aliphatic heterocycles. The second-order valence-corrected chi connectivity index (χ2v) is 6.76. The normalized spacial score (nSPS) is 12.9. The summed E-state index contributed by atoms with van der Waals surface area (Å²) in [6.07, 6.45) is -1.87. The number of carbonyl (C=O) groups is 3. The van der Waals surface area contributed by atoms with Crippen molar-refractivity contribution in [3.05, 3.63) is 29.8 Å². The van der Waals surface area contributed by atoms with E-state index >= 15 is 0 Å². The summed E-state index contributed by atoms with van der Waals surface area (Å²) in [5, 5.41) is 31.2. The summed E-state index contributed by atoms with van der Waals surface area (Å²) >= 11 is 0. The molecule has 1 aromatic carbocycles. The number of carbonyl (C=O) groups excluding carboxylic acids is 2. The lowest BCUT2D eigenvalue weighted by molar-refractivity contribution is -0.153. The van der Waals surface area contributed by atoms with Gasteiger partial charge in [-0.1, -0.05) is 26.0 Å². The predicted molar refractivity (Wildman–Crippen MR) is 101 cm³/mol. The maximum Gasteiger partial charge on any atom is 0.336 e. The Morgan fingerprint density at radius 3 is 2.25 bits per heavy atom. The molecule has 0 aliphatic rings. The van der Waals surface area contributed by atoms with Gasteiger partial charge in [-0.15, -0.1) is 0 Å². The van der Waals surface area contributed by atoms with E-state index in [1.54, 1.807) is 6.92 Å². The van der Waals surface area contributed by atoms with E-state index in [4.69, 9.17) is 9.84 Å². The van der Waals surface area contributed by atoms with Gasteiger partial charge in [-0.2, -0.15) is 0 Å². The average Bonchev–Trinajstić information content (AvgIpc) is 2.60. The fourth-order valence-corrected chi connectivity index (χ4v) is 2.58. The summed E-state index contributed by atoms with van der Waals surface area (Å²) in [6.45, 7) is 5.42. The van der Waals surface area contributed by atoms with Gasteiger partial charge in [0.2, 0.25) is 0 Å². The molecule has 0 aromatic heterocycles. The molecule has 4 N–H and O–H groups in total. The molecule has 0 fully saturated rings. The molecule has 28 heavy (non-hydrogen) atoms.